The van der Waals surface area contributed by atoms with Crippen LogP contribution in [0.4, 0.5) is 10.1 Å². The van der Waals surface area contributed by atoms with E-state index in [1.165, 1.54) is 34.6 Å². The fraction of sp³-hybridized carbons (Fsp3) is 0.409. The molecule has 6 nitrogen and oxygen atoms in total. The Kier molecular flexibility index (Phi) is 7.24. The Labute approximate surface area is 188 Å². The van der Waals surface area contributed by atoms with E-state index >= 15 is 0 Å². The summed E-state index contributed by atoms with van der Waals surface area (Å²) in [5.74, 6) is -0.404. The molecule has 1 fully saturated rings. The summed E-state index contributed by atoms with van der Waals surface area (Å²) in [5.41, 5.74) is 1.09. The average Bonchev–Trinajstić information content (AvgIpc) is 2.74. The first-order valence-electron chi connectivity index (χ1n) is 10.2. The van der Waals surface area contributed by atoms with Gasteiger partial charge in [-0.3, -0.25) is 4.79 Å². The van der Waals surface area contributed by atoms with Gasteiger partial charge < -0.3 is 10.2 Å². The van der Waals surface area contributed by atoms with E-state index in [2.05, 4.69) is 5.32 Å². The standard InChI is InChI=1S/C22H27ClFN3O3S/c1-15(2)16(3)25-22(28)17-4-9-20(23)21(14-17)31(29,30)27-12-10-26(11-13-27)19-7-5-18(24)6-8-19/h4-9,14-16H,10-13H2,1-3H3,(H,25,28). The van der Waals surface area contributed by atoms with E-state index in [0.717, 1.165) is 5.69 Å². The van der Waals surface area contributed by atoms with Gasteiger partial charge >= 0.3 is 0 Å². The van der Waals surface area contributed by atoms with Gasteiger partial charge in [-0.25, -0.2) is 12.8 Å². The number of anilines is 1. The number of piperazine rings is 1. The summed E-state index contributed by atoms with van der Waals surface area (Å²) < 4.78 is 41.0. The number of sulfonamides is 1. The lowest BCUT2D eigenvalue weighted by Crippen LogP contribution is -2.48. The van der Waals surface area contributed by atoms with Crippen molar-refractivity contribution >= 4 is 33.2 Å². The van der Waals surface area contributed by atoms with Crippen LogP contribution in [-0.2, 0) is 10.0 Å². The highest BCUT2D eigenvalue weighted by molar-refractivity contribution is 7.89. The van der Waals surface area contributed by atoms with Gasteiger partial charge in [0, 0.05) is 43.5 Å². The second-order valence-corrected chi connectivity index (χ2v) is 10.3. The number of carbonyl (C=O) groups is 1. The molecule has 3 rings (SSSR count). The van der Waals surface area contributed by atoms with Crippen LogP contribution in [-0.4, -0.2) is 50.9 Å². The van der Waals surface area contributed by atoms with E-state index in [1.807, 2.05) is 25.7 Å². The van der Waals surface area contributed by atoms with Crippen molar-refractivity contribution in [2.45, 2.75) is 31.7 Å². The lowest BCUT2D eigenvalue weighted by molar-refractivity contribution is 0.0930. The van der Waals surface area contributed by atoms with Crippen molar-refractivity contribution in [2.24, 2.45) is 5.92 Å². The topological polar surface area (TPSA) is 69.7 Å². The first kappa shape index (κ1) is 23.5. The average molecular weight is 468 g/mol. The Bertz CT molecular complexity index is 1040. The van der Waals surface area contributed by atoms with E-state index in [1.54, 1.807) is 12.1 Å². The molecule has 0 aromatic heterocycles. The molecule has 1 aliphatic rings. The maximum Gasteiger partial charge on any atom is 0.251 e. The molecule has 1 amide bonds. The van der Waals surface area contributed by atoms with E-state index in [4.69, 9.17) is 11.6 Å². The largest absolute Gasteiger partial charge is 0.369 e. The third kappa shape index (κ3) is 5.37. The minimum atomic E-state index is -3.87. The van der Waals surface area contributed by atoms with Crippen LogP contribution in [0.15, 0.2) is 47.4 Å². The summed E-state index contributed by atoms with van der Waals surface area (Å²) in [5, 5.41) is 2.96. The van der Waals surface area contributed by atoms with Crippen molar-refractivity contribution in [3.8, 4) is 0 Å². The summed E-state index contributed by atoms with van der Waals surface area (Å²) in [4.78, 5) is 14.5. The van der Waals surface area contributed by atoms with Crippen LogP contribution < -0.4 is 10.2 Å². The normalized spacial score (nSPS) is 16.4. The highest BCUT2D eigenvalue weighted by Crippen LogP contribution is 2.28. The molecule has 2 aromatic carbocycles. The number of nitrogens with zero attached hydrogens (tertiary/aromatic N) is 2. The molecule has 31 heavy (non-hydrogen) atoms. The molecule has 1 heterocycles. The summed E-state index contributed by atoms with van der Waals surface area (Å²) in [6, 6.07) is 10.4. The highest BCUT2D eigenvalue weighted by Gasteiger charge is 2.31. The highest BCUT2D eigenvalue weighted by atomic mass is 35.5. The predicted molar refractivity (Wildman–Crippen MR) is 121 cm³/mol. The molecule has 0 spiro atoms. The number of carbonyl (C=O) groups excluding carboxylic acids is 1. The number of amides is 1. The van der Waals surface area contributed by atoms with Crippen LogP contribution >= 0.6 is 11.6 Å². The van der Waals surface area contributed by atoms with E-state index < -0.39 is 10.0 Å². The van der Waals surface area contributed by atoms with Crippen LogP contribution in [0.3, 0.4) is 0 Å². The quantitative estimate of drug-likeness (QED) is 0.702. The summed E-state index contributed by atoms with van der Waals surface area (Å²) in [7, 11) is -3.87. The first-order chi connectivity index (χ1) is 14.6. The van der Waals surface area contributed by atoms with Crippen molar-refractivity contribution in [3.05, 3.63) is 58.9 Å². The summed E-state index contributed by atoms with van der Waals surface area (Å²) in [6.07, 6.45) is 0. The van der Waals surface area contributed by atoms with Crippen LogP contribution in [0.25, 0.3) is 0 Å². The third-order valence-corrected chi connectivity index (χ3v) is 7.98. The Balaban J connectivity index is 1.76. The Hall–Kier alpha value is -2.16. The van der Waals surface area contributed by atoms with Crippen LogP contribution in [0.1, 0.15) is 31.1 Å². The van der Waals surface area contributed by atoms with Gasteiger partial charge in [0.15, 0.2) is 0 Å². The van der Waals surface area contributed by atoms with E-state index in [-0.39, 0.29) is 52.3 Å². The molecule has 1 aliphatic heterocycles. The molecule has 1 N–H and O–H groups in total. The molecule has 168 valence electrons. The molecule has 0 bridgehead atoms. The number of hydrogen-bond donors (Lipinski definition) is 1. The van der Waals surface area contributed by atoms with Crippen molar-refractivity contribution in [1.29, 1.82) is 0 Å². The van der Waals surface area contributed by atoms with Crippen LogP contribution in [0, 0.1) is 11.7 Å². The van der Waals surface area contributed by atoms with Crippen LogP contribution in [0.5, 0.6) is 0 Å². The van der Waals surface area contributed by atoms with E-state index in [9.17, 15) is 17.6 Å². The van der Waals surface area contributed by atoms with Gasteiger partial charge in [-0.1, -0.05) is 25.4 Å². The smallest absolute Gasteiger partial charge is 0.251 e. The monoisotopic (exact) mass is 467 g/mol. The zero-order valence-electron chi connectivity index (χ0n) is 17.8. The minimum Gasteiger partial charge on any atom is -0.369 e. The van der Waals surface area contributed by atoms with Crippen molar-refractivity contribution in [3.63, 3.8) is 0 Å². The molecule has 1 unspecified atom stereocenters. The van der Waals surface area contributed by atoms with Gasteiger partial charge in [-0.05, 0) is 55.3 Å². The second-order valence-electron chi connectivity index (χ2n) is 8.02. The minimum absolute atomic E-state index is 0.0530. The van der Waals surface area contributed by atoms with Crippen LogP contribution in [0.2, 0.25) is 5.02 Å². The van der Waals surface area contributed by atoms with Crippen molar-refractivity contribution in [2.75, 3.05) is 31.1 Å². The van der Waals surface area contributed by atoms with Gasteiger partial charge in [0.25, 0.3) is 5.91 Å². The Morgan fingerprint density at radius 2 is 1.65 bits per heavy atom. The number of rotatable bonds is 6. The molecule has 9 heteroatoms. The fourth-order valence-electron chi connectivity index (χ4n) is 3.28. The number of hydrogen-bond acceptors (Lipinski definition) is 4. The zero-order chi connectivity index (χ0) is 22.8. The lowest BCUT2D eigenvalue weighted by Gasteiger charge is -2.35. The maximum absolute atomic E-state index is 13.2. The predicted octanol–water partition coefficient (Wildman–Crippen LogP) is 3.76. The van der Waals surface area contributed by atoms with E-state index in [0.29, 0.717) is 13.1 Å². The molecule has 0 aliphatic carbocycles. The molecular formula is C22H27ClFN3O3S. The molecular weight excluding hydrogens is 441 g/mol. The number of benzene rings is 2. The molecule has 1 saturated heterocycles. The van der Waals surface area contributed by atoms with Gasteiger partial charge in [0.2, 0.25) is 10.0 Å². The first-order valence-corrected chi connectivity index (χ1v) is 12.0. The fourth-order valence-corrected chi connectivity index (χ4v) is 5.20. The van der Waals surface area contributed by atoms with Gasteiger partial charge in [0.05, 0.1) is 5.02 Å². The van der Waals surface area contributed by atoms with Crippen molar-refractivity contribution in [1.82, 2.24) is 9.62 Å². The zero-order valence-corrected chi connectivity index (χ0v) is 19.4. The third-order valence-electron chi connectivity index (χ3n) is 5.60. The molecule has 1 atom stereocenters. The summed E-state index contributed by atoms with van der Waals surface area (Å²) >= 11 is 6.22. The Morgan fingerprint density at radius 1 is 1.03 bits per heavy atom. The lowest BCUT2D eigenvalue weighted by atomic mass is 10.1. The molecule has 2 aromatic rings. The van der Waals surface area contributed by atoms with Gasteiger partial charge in [-0.15, -0.1) is 0 Å². The second kappa shape index (κ2) is 9.54. The van der Waals surface area contributed by atoms with Gasteiger partial charge in [0.1, 0.15) is 10.7 Å². The number of halogens is 2. The van der Waals surface area contributed by atoms with Crippen molar-refractivity contribution < 1.29 is 17.6 Å². The maximum atomic E-state index is 13.2. The SMILES string of the molecule is CC(C)C(C)NC(=O)c1ccc(Cl)c(S(=O)(=O)N2CCN(c3ccc(F)cc3)CC2)c1. The summed E-state index contributed by atoms with van der Waals surface area (Å²) in [6.45, 7) is 7.34. The van der Waals surface area contributed by atoms with Gasteiger partial charge in [-0.2, -0.15) is 4.31 Å². The molecule has 0 radical (unpaired) electrons. The molecule has 0 saturated carbocycles. The Morgan fingerprint density at radius 3 is 2.23 bits per heavy atom. The number of nitrogens with one attached hydrogen (secondary N) is 1.